The molecule has 0 bridgehead atoms. The summed E-state index contributed by atoms with van der Waals surface area (Å²) < 4.78 is 0. The molecular formula is C29H54O. The van der Waals surface area contributed by atoms with Gasteiger partial charge in [-0.05, 0) is 111 Å². The molecule has 0 aromatic carbocycles. The number of hydrogen-bond acceptors (Lipinski definition) is 1. The Balaban J connectivity index is 0.000000806. The number of aliphatic hydroxyl groups is 1. The summed E-state index contributed by atoms with van der Waals surface area (Å²) >= 11 is 0. The lowest BCUT2D eigenvalue weighted by molar-refractivity contribution is -0.127. The Morgan fingerprint density at radius 2 is 1.50 bits per heavy atom. The zero-order valence-corrected chi connectivity index (χ0v) is 21.4. The lowest BCUT2D eigenvalue weighted by Gasteiger charge is -2.61. The van der Waals surface area contributed by atoms with Gasteiger partial charge in [0.2, 0.25) is 0 Å². The third-order valence-electron chi connectivity index (χ3n) is 10.4. The van der Waals surface area contributed by atoms with Gasteiger partial charge in [-0.25, -0.2) is 0 Å². The fourth-order valence-electron chi connectivity index (χ4n) is 8.76. The molecule has 4 rings (SSSR count). The van der Waals surface area contributed by atoms with E-state index < -0.39 is 0 Å². The van der Waals surface area contributed by atoms with Gasteiger partial charge in [0.1, 0.15) is 0 Å². The maximum Gasteiger partial charge on any atom is 0.0543 e. The first-order valence-corrected chi connectivity index (χ1v) is 13.9. The Labute approximate surface area is 189 Å². The summed E-state index contributed by atoms with van der Waals surface area (Å²) in [5.74, 6) is 5.66. The van der Waals surface area contributed by atoms with Crippen LogP contribution in [0.2, 0.25) is 0 Å². The molecule has 0 radical (unpaired) electrons. The highest BCUT2D eigenvalue weighted by Gasteiger charge is 2.59. The molecule has 0 aromatic heterocycles. The SMILES string of the molecule is CC(C)CCCCC1CCC2C3CCC4CC(O)CCC4(C)C3CCC12C.CCC. The van der Waals surface area contributed by atoms with Crippen molar-refractivity contribution in [2.24, 2.45) is 46.3 Å². The second kappa shape index (κ2) is 10.3. The molecule has 4 saturated carbocycles. The molecule has 8 unspecified atom stereocenters. The number of rotatable bonds is 5. The summed E-state index contributed by atoms with van der Waals surface area (Å²) in [5.41, 5.74) is 1.19. The number of unbranched alkanes of at least 4 members (excludes halogenated alkanes) is 1. The molecule has 4 fully saturated rings. The molecule has 0 aliphatic heterocycles. The molecule has 4 aliphatic carbocycles. The molecule has 30 heavy (non-hydrogen) atoms. The molecule has 0 heterocycles. The molecule has 1 heteroatoms. The fourth-order valence-corrected chi connectivity index (χ4v) is 8.76. The fraction of sp³-hybridized carbons (Fsp3) is 1.00. The van der Waals surface area contributed by atoms with Gasteiger partial charge in [-0.2, -0.15) is 0 Å². The van der Waals surface area contributed by atoms with Gasteiger partial charge in [0.25, 0.3) is 0 Å². The topological polar surface area (TPSA) is 20.2 Å². The zero-order valence-electron chi connectivity index (χ0n) is 21.4. The van der Waals surface area contributed by atoms with E-state index in [1.165, 1.54) is 77.0 Å². The van der Waals surface area contributed by atoms with Crippen LogP contribution in [0.3, 0.4) is 0 Å². The normalized spacial score (nSPS) is 45.2. The molecule has 0 spiro atoms. The van der Waals surface area contributed by atoms with Crippen molar-refractivity contribution < 1.29 is 5.11 Å². The van der Waals surface area contributed by atoms with Crippen LogP contribution in [0.4, 0.5) is 0 Å². The van der Waals surface area contributed by atoms with Crippen molar-refractivity contribution in [2.45, 2.75) is 138 Å². The molecule has 8 atom stereocenters. The molecule has 0 aromatic rings. The number of aliphatic hydroxyl groups excluding tert-OH is 1. The van der Waals surface area contributed by atoms with Crippen LogP contribution in [0.15, 0.2) is 0 Å². The van der Waals surface area contributed by atoms with E-state index in [1.807, 2.05) is 0 Å². The Bertz CT molecular complexity index is 526. The quantitative estimate of drug-likeness (QED) is 0.443. The number of hydrogen-bond donors (Lipinski definition) is 1. The Kier molecular flexibility index (Phi) is 8.42. The van der Waals surface area contributed by atoms with Gasteiger partial charge in [-0.15, -0.1) is 0 Å². The van der Waals surface area contributed by atoms with Crippen molar-refractivity contribution in [1.82, 2.24) is 0 Å². The summed E-state index contributed by atoms with van der Waals surface area (Å²) in [5, 5.41) is 10.2. The average molecular weight is 419 g/mol. The maximum absolute atomic E-state index is 10.2. The highest BCUT2D eigenvalue weighted by molar-refractivity contribution is 5.09. The molecule has 0 amide bonds. The smallest absolute Gasteiger partial charge is 0.0543 e. The summed E-state index contributed by atoms with van der Waals surface area (Å²) in [6.45, 7) is 14.3. The van der Waals surface area contributed by atoms with Crippen molar-refractivity contribution in [3.63, 3.8) is 0 Å². The second-order valence-electron chi connectivity index (χ2n) is 12.8. The highest BCUT2D eigenvalue weighted by atomic mass is 16.3. The molecule has 4 aliphatic rings. The zero-order chi connectivity index (χ0) is 21.9. The van der Waals surface area contributed by atoms with Gasteiger partial charge in [0.15, 0.2) is 0 Å². The summed E-state index contributed by atoms with van der Waals surface area (Å²) in [6.07, 6.45) is 19.4. The minimum Gasteiger partial charge on any atom is -0.393 e. The molecule has 0 saturated heterocycles. The largest absolute Gasteiger partial charge is 0.393 e. The van der Waals surface area contributed by atoms with Crippen LogP contribution in [0.25, 0.3) is 0 Å². The van der Waals surface area contributed by atoms with Crippen molar-refractivity contribution in [3.05, 3.63) is 0 Å². The number of fused-ring (bicyclic) bond motifs is 5. The van der Waals surface area contributed by atoms with Gasteiger partial charge in [0, 0.05) is 0 Å². The summed E-state index contributed by atoms with van der Waals surface area (Å²) in [4.78, 5) is 0. The van der Waals surface area contributed by atoms with Gasteiger partial charge in [-0.3, -0.25) is 0 Å². The minimum absolute atomic E-state index is 0.00446. The van der Waals surface area contributed by atoms with E-state index in [0.717, 1.165) is 48.3 Å². The highest BCUT2D eigenvalue weighted by Crippen LogP contribution is 2.67. The van der Waals surface area contributed by atoms with Crippen molar-refractivity contribution in [3.8, 4) is 0 Å². The van der Waals surface area contributed by atoms with Crippen LogP contribution in [-0.4, -0.2) is 11.2 Å². The van der Waals surface area contributed by atoms with Gasteiger partial charge >= 0.3 is 0 Å². The van der Waals surface area contributed by atoms with E-state index in [1.54, 1.807) is 0 Å². The second-order valence-corrected chi connectivity index (χ2v) is 12.8. The van der Waals surface area contributed by atoms with E-state index in [4.69, 9.17) is 0 Å². The van der Waals surface area contributed by atoms with Crippen molar-refractivity contribution >= 4 is 0 Å². The third kappa shape index (κ3) is 4.82. The molecule has 176 valence electrons. The van der Waals surface area contributed by atoms with E-state index >= 15 is 0 Å². The predicted molar refractivity (Wildman–Crippen MR) is 130 cm³/mol. The van der Waals surface area contributed by atoms with Gasteiger partial charge in [-0.1, -0.05) is 67.2 Å². The Morgan fingerprint density at radius 1 is 0.833 bits per heavy atom. The van der Waals surface area contributed by atoms with Crippen LogP contribution in [-0.2, 0) is 0 Å². The Hall–Kier alpha value is -0.0400. The van der Waals surface area contributed by atoms with E-state index in [2.05, 4.69) is 41.5 Å². The first kappa shape index (κ1) is 24.6. The monoisotopic (exact) mass is 418 g/mol. The van der Waals surface area contributed by atoms with E-state index in [-0.39, 0.29) is 6.10 Å². The molecular weight excluding hydrogens is 364 g/mol. The summed E-state index contributed by atoms with van der Waals surface area (Å²) in [6, 6.07) is 0. The van der Waals surface area contributed by atoms with E-state index in [9.17, 15) is 5.11 Å². The van der Waals surface area contributed by atoms with Crippen LogP contribution >= 0.6 is 0 Å². The molecule has 1 N–H and O–H groups in total. The van der Waals surface area contributed by atoms with Gasteiger partial charge < -0.3 is 5.11 Å². The standard InChI is InChI=1S/C26H46O.C3H8/c1-18(2)7-5-6-8-19-10-12-23-22-11-9-20-17-21(27)13-15-26(20,4)24(22)14-16-25(19,23)3;1-3-2/h18-24,27H,5-17H2,1-4H3;3H2,1-2H3. The van der Waals surface area contributed by atoms with Crippen molar-refractivity contribution in [1.29, 1.82) is 0 Å². The third-order valence-corrected chi connectivity index (χ3v) is 10.4. The predicted octanol–water partition coefficient (Wildman–Crippen LogP) is 8.64. The molecule has 1 nitrogen and oxygen atoms in total. The van der Waals surface area contributed by atoms with Crippen LogP contribution < -0.4 is 0 Å². The van der Waals surface area contributed by atoms with E-state index in [0.29, 0.717) is 10.8 Å². The van der Waals surface area contributed by atoms with Crippen LogP contribution in [0.5, 0.6) is 0 Å². The maximum atomic E-state index is 10.2. The average Bonchev–Trinajstić information content (AvgIpc) is 3.03. The lowest BCUT2D eigenvalue weighted by Crippen LogP contribution is -2.53. The first-order valence-electron chi connectivity index (χ1n) is 13.9. The first-order chi connectivity index (χ1) is 14.3. The lowest BCUT2D eigenvalue weighted by atomic mass is 9.44. The summed E-state index contributed by atoms with van der Waals surface area (Å²) in [7, 11) is 0. The van der Waals surface area contributed by atoms with Crippen LogP contribution in [0, 0.1) is 46.3 Å². The Morgan fingerprint density at radius 3 is 2.20 bits per heavy atom. The van der Waals surface area contributed by atoms with Crippen molar-refractivity contribution in [2.75, 3.05) is 0 Å². The minimum atomic E-state index is -0.00446. The van der Waals surface area contributed by atoms with Gasteiger partial charge in [0.05, 0.1) is 6.10 Å². The van der Waals surface area contributed by atoms with Crippen LogP contribution in [0.1, 0.15) is 131 Å².